The second-order valence-electron chi connectivity index (χ2n) is 5.69. The molecule has 4 heteroatoms. The van der Waals surface area contributed by atoms with Gasteiger partial charge in [0.15, 0.2) is 0 Å². The molecule has 2 aromatic heterocycles. The molecule has 4 nitrogen and oxygen atoms in total. The topological polar surface area (TPSA) is 37.6 Å². The second-order valence-corrected chi connectivity index (χ2v) is 5.69. The minimum Gasteiger partial charge on any atom is -0.327 e. The highest BCUT2D eigenvalue weighted by Gasteiger charge is 2.26. The standard InChI is InChI=1S/C17H21N3O/c1-3-4-6-14-7-5-10-20(14)17(21)15-12-19-11-13(2)8-9-16(19)18-15/h5,7-9,11-12,14H,3-4,6,10H2,1-2H3. The van der Waals surface area contributed by atoms with Crippen LogP contribution < -0.4 is 0 Å². The van der Waals surface area contributed by atoms with Crippen LogP contribution in [0.3, 0.4) is 0 Å². The molecule has 0 spiro atoms. The van der Waals surface area contributed by atoms with Gasteiger partial charge in [0.25, 0.3) is 5.91 Å². The van der Waals surface area contributed by atoms with Gasteiger partial charge in [-0.2, -0.15) is 0 Å². The average molecular weight is 283 g/mol. The lowest BCUT2D eigenvalue weighted by molar-refractivity contribution is 0.0738. The number of hydrogen-bond acceptors (Lipinski definition) is 2. The Morgan fingerprint density at radius 2 is 2.24 bits per heavy atom. The molecule has 0 radical (unpaired) electrons. The molecule has 0 bridgehead atoms. The first-order valence-electron chi connectivity index (χ1n) is 7.62. The third-order valence-electron chi connectivity index (χ3n) is 3.99. The van der Waals surface area contributed by atoms with Crippen molar-refractivity contribution in [3.8, 4) is 0 Å². The largest absolute Gasteiger partial charge is 0.327 e. The Morgan fingerprint density at radius 1 is 1.38 bits per heavy atom. The van der Waals surface area contributed by atoms with Crippen molar-refractivity contribution in [1.29, 1.82) is 0 Å². The van der Waals surface area contributed by atoms with Gasteiger partial charge in [0.05, 0.1) is 6.04 Å². The third-order valence-corrected chi connectivity index (χ3v) is 3.99. The van der Waals surface area contributed by atoms with Gasteiger partial charge in [0.1, 0.15) is 11.3 Å². The van der Waals surface area contributed by atoms with Gasteiger partial charge in [0, 0.05) is 18.9 Å². The van der Waals surface area contributed by atoms with E-state index in [0.717, 1.165) is 30.5 Å². The van der Waals surface area contributed by atoms with E-state index < -0.39 is 0 Å². The quantitative estimate of drug-likeness (QED) is 0.808. The number of hydrogen-bond donors (Lipinski definition) is 0. The lowest BCUT2D eigenvalue weighted by atomic mass is 10.1. The van der Waals surface area contributed by atoms with Crippen LogP contribution in [0.4, 0.5) is 0 Å². The molecule has 110 valence electrons. The smallest absolute Gasteiger partial charge is 0.274 e. The lowest BCUT2D eigenvalue weighted by Gasteiger charge is -2.23. The van der Waals surface area contributed by atoms with Crippen LogP contribution in [-0.4, -0.2) is 32.8 Å². The molecule has 21 heavy (non-hydrogen) atoms. The van der Waals surface area contributed by atoms with Crippen molar-refractivity contribution < 1.29 is 4.79 Å². The van der Waals surface area contributed by atoms with Crippen LogP contribution in [-0.2, 0) is 0 Å². The Balaban J connectivity index is 1.83. The number of nitrogens with zero attached hydrogens (tertiary/aromatic N) is 3. The van der Waals surface area contributed by atoms with Crippen LogP contribution in [0.15, 0.2) is 36.7 Å². The Labute approximate surface area is 125 Å². The van der Waals surface area contributed by atoms with Gasteiger partial charge in [-0.1, -0.05) is 38.0 Å². The Morgan fingerprint density at radius 3 is 3.05 bits per heavy atom. The molecule has 0 aliphatic carbocycles. The summed E-state index contributed by atoms with van der Waals surface area (Å²) < 4.78 is 1.92. The summed E-state index contributed by atoms with van der Waals surface area (Å²) in [5, 5.41) is 0. The first kappa shape index (κ1) is 13.9. The molecule has 1 aliphatic rings. The van der Waals surface area contributed by atoms with E-state index in [4.69, 9.17) is 0 Å². The summed E-state index contributed by atoms with van der Waals surface area (Å²) in [6.07, 6.45) is 11.4. The molecule has 2 aromatic rings. The van der Waals surface area contributed by atoms with E-state index >= 15 is 0 Å². The van der Waals surface area contributed by atoms with Crippen molar-refractivity contribution in [3.05, 3.63) is 47.9 Å². The van der Waals surface area contributed by atoms with Gasteiger partial charge in [0.2, 0.25) is 0 Å². The van der Waals surface area contributed by atoms with Crippen molar-refractivity contribution in [2.45, 2.75) is 39.2 Å². The molecule has 0 fully saturated rings. The van der Waals surface area contributed by atoms with E-state index in [9.17, 15) is 4.79 Å². The highest BCUT2D eigenvalue weighted by Crippen LogP contribution is 2.19. The van der Waals surface area contributed by atoms with Crippen molar-refractivity contribution in [1.82, 2.24) is 14.3 Å². The van der Waals surface area contributed by atoms with Gasteiger partial charge in [-0.3, -0.25) is 4.79 Å². The van der Waals surface area contributed by atoms with E-state index in [1.807, 2.05) is 40.8 Å². The zero-order valence-corrected chi connectivity index (χ0v) is 12.6. The summed E-state index contributed by atoms with van der Waals surface area (Å²) in [6.45, 7) is 4.90. The Hall–Kier alpha value is -2.10. The molecule has 1 atom stereocenters. The fraction of sp³-hybridized carbons (Fsp3) is 0.412. The van der Waals surface area contributed by atoms with Gasteiger partial charge in [-0.25, -0.2) is 4.98 Å². The number of fused-ring (bicyclic) bond motifs is 1. The maximum atomic E-state index is 12.7. The molecule has 0 saturated carbocycles. The van der Waals surface area contributed by atoms with Crippen molar-refractivity contribution >= 4 is 11.6 Å². The third kappa shape index (κ3) is 2.71. The van der Waals surface area contributed by atoms with Crippen molar-refractivity contribution in [2.75, 3.05) is 6.54 Å². The number of aryl methyl sites for hydroxylation is 1. The SMILES string of the molecule is CCCCC1C=CCN1C(=O)c1cn2cc(C)ccc2n1. The first-order valence-corrected chi connectivity index (χ1v) is 7.62. The van der Waals surface area contributed by atoms with Crippen LogP contribution in [0.2, 0.25) is 0 Å². The molecule has 0 aromatic carbocycles. The predicted octanol–water partition coefficient (Wildman–Crippen LogP) is 3.21. The fourth-order valence-electron chi connectivity index (χ4n) is 2.82. The molecule has 1 unspecified atom stereocenters. The summed E-state index contributed by atoms with van der Waals surface area (Å²) in [5.41, 5.74) is 2.51. The summed E-state index contributed by atoms with van der Waals surface area (Å²) >= 11 is 0. The summed E-state index contributed by atoms with van der Waals surface area (Å²) in [4.78, 5) is 19.1. The zero-order chi connectivity index (χ0) is 14.8. The molecule has 3 rings (SSSR count). The maximum absolute atomic E-state index is 12.7. The molecule has 3 heterocycles. The first-order chi connectivity index (χ1) is 10.2. The number of aromatic nitrogens is 2. The van der Waals surface area contributed by atoms with Crippen molar-refractivity contribution in [2.24, 2.45) is 0 Å². The fourth-order valence-corrected chi connectivity index (χ4v) is 2.82. The normalized spacial score (nSPS) is 17.8. The molecular formula is C17H21N3O. The van der Waals surface area contributed by atoms with Crippen LogP contribution in [0.25, 0.3) is 5.65 Å². The van der Waals surface area contributed by atoms with E-state index in [1.54, 1.807) is 0 Å². The van der Waals surface area contributed by atoms with Gasteiger partial charge in [-0.15, -0.1) is 0 Å². The molecule has 0 N–H and O–H groups in total. The summed E-state index contributed by atoms with van der Waals surface area (Å²) in [7, 11) is 0. The van der Waals surface area contributed by atoms with Crippen LogP contribution in [0, 0.1) is 6.92 Å². The monoisotopic (exact) mass is 283 g/mol. The number of pyridine rings is 1. The van der Waals surface area contributed by atoms with Crippen LogP contribution in [0.1, 0.15) is 42.2 Å². The van der Waals surface area contributed by atoms with Gasteiger partial charge >= 0.3 is 0 Å². The number of carbonyl (C=O) groups excluding carboxylic acids is 1. The highest BCUT2D eigenvalue weighted by molar-refractivity contribution is 5.93. The maximum Gasteiger partial charge on any atom is 0.274 e. The Bertz CT molecular complexity index is 686. The van der Waals surface area contributed by atoms with Gasteiger partial charge in [-0.05, 0) is 25.0 Å². The van der Waals surface area contributed by atoms with E-state index in [0.29, 0.717) is 12.2 Å². The minimum absolute atomic E-state index is 0.0301. The summed E-state index contributed by atoms with van der Waals surface area (Å²) in [6, 6.07) is 4.19. The number of unbranched alkanes of at least 4 members (excludes halogenated alkanes) is 1. The van der Waals surface area contributed by atoms with Crippen LogP contribution >= 0.6 is 0 Å². The molecule has 1 aliphatic heterocycles. The zero-order valence-electron chi connectivity index (χ0n) is 12.6. The van der Waals surface area contributed by atoms with E-state index in [-0.39, 0.29) is 11.9 Å². The van der Waals surface area contributed by atoms with Crippen LogP contribution in [0.5, 0.6) is 0 Å². The average Bonchev–Trinajstić information content (AvgIpc) is 3.10. The lowest BCUT2D eigenvalue weighted by Crippen LogP contribution is -2.36. The second kappa shape index (κ2) is 5.72. The van der Waals surface area contributed by atoms with E-state index in [1.165, 1.54) is 0 Å². The molecular weight excluding hydrogens is 262 g/mol. The predicted molar refractivity (Wildman–Crippen MR) is 83.4 cm³/mol. The number of amides is 1. The van der Waals surface area contributed by atoms with Crippen molar-refractivity contribution in [3.63, 3.8) is 0 Å². The number of rotatable bonds is 4. The number of carbonyl (C=O) groups is 1. The van der Waals surface area contributed by atoms with Gasteiger partial charge < -0.3 is 9.30 Å². The Kier molecular flexibility index (Phi) is 3.78. The highest BCUT2D eigenvalue weighted by atomic mass is 16.2. The number of imidazole rings is 1. The minimum atomic E-state index is 0.0301. The molecule has 0 saturated heterocycles. The molecule has 1 amide bonds. The van der Waals surface area contributed by atoms with E-state index in [2.05, 4.69) is 24.1 Å². The summed E-state index contributed by atoms with van der Waals surface area (Å²) in [5.74, 6) is 0.0301.